The highest BCUT2D eigenvalue weighted by Crippen LogP contribution is 2.23. The van der Waals surface area contributed by atoms with Gasteiger partial charge in [-0.1, -0.05) is 18.2 Å². The zero-order valence-electron chi connectivity index (χ0n) is 13.2. The molecule has 2 N–H and O–H groups in total. The van der Waals surface area contributed by atoms with Gasteiger partial charge in [0.1, 0.15) is 0 Å². The van der Waals surface area contributed by atoms with E-state index in [0.717, 1.165) is 5.69 Å². The molecule has 0 atom stereocenters. The van der Waals surface area contributed by atoms with E-state index in [2.05, 4.69) is 20.5 Å². The molecule has 0 radical (unpaired) electrons. The number of nitro benzene ring substituents is 1. The molecule has 126 valence electrons. The van der Waals surface area contributed by atoms with Crippen LogP contribution in [0, 0.1) is 10.1 Å². The van der Waals surface area contributed by atoms with E-state index in [4.69, 9.17) is 0 Å². The monoisotopic (exact) mass is 337 g/mol. The molecule has 0 unspecified atom stereocenters. The van der Waals surface area contributed by atoms with Crippen LogP contribution in [0.2, 0.25) is 0 Å². The Morgan fingerprint density at radius 2 is 2.08 bits per heavy atom. The van der Waals surface area contributed by atoms with Crippen LogP contribution in [-0.2, 0) is 11.2 Å². The van der Waals surface area contributed by atoms with Crippen molar-refractivity contribution in [3.8, 4) is 11.3 Å². The van der Waals surface area contributed by atoms with E-state index in [9.17, 15) is 14.9 Å². The van der Waals surface area contributed by atoms with Crippen LogP contribution in [0.4, 0.5) is 11.5 Å². The SMILES string of the molecule is O=C(CCc1ccccn1)Nc1cc(-c2cccc([N+](=O)[O-])c2)[nH]n1. The summed E-state index contributed by atoms with van der Waals surface area (Å²) in [5.74, 6) is 0.190. The Kier molecular flexibility index (Phi) is 4.79. The number of non-ortho nitro benzene ring substituents is 1. The fourth-order valence-corrected chi connectivity index (χ4v) is 2.31. The van der Waals surface area contributed by atoms with Crippen LogP contribution in [0.1, 0.15) is 12.1 Å². The molecule has 0 aliphatic carbocycles. The molecule has 8 nitrogen and oxygen atoms in total. The first-order chi connectivity index (χ1) is 12.1. The number of hydrogen-bond acceptors (Lipinski definition) is 5. The third-order valence-corrected chi connectivity index (χ3v) is 3.55. The van der Waals surface area contributed by atoms with E-state index in [1.807, 2.05) is 18.2 Å². The Morgan fingerprint density at radius 3 is 2.84 bits per heavy atom. The van der Waals surface area contributed by atoms with Crippen molar-refractivity contribution in [1.82, 2.24) is 15.2 Å². The Morgan fingerprint density at radius 1 is 1.20 bits per heavy atom. The second-order valence-corrected chi connectivity index (χ2v) is 5.34. The molecule has 0 saturated carbocycles. The average Bonchev–Trinajstić information content (AvgIpc) is 3.09. The Balaban J connectivity index is 1.62. The van der Waals surface area contributed by atoms with E-state index in [1.165, 1.54) is 12.1 Å². The van der Waals surface area contributed by atoms with Crippen LogP contribution in [0.15, 0.2) is 54.7 Å². The predicted octanol–water partition coefficient (Wildman–Crippen LogP) is 2.95. The summed E-state index contributed by atoms with van der Waals surface area (Å²) < 4.78 is 0. The van der Waals surface area contributed by atoms with Crippen molar-refractivity contribution in [2.24, 2.45) is 0 Å². The van der Waals surface area contributed by atoms with Gasteiger partial charge in [-0.15, -0.1) is 0 Å². The third-order valence-electron chi connectivity index (χ3n) is 3.55. The van der Waals surface area contributed by atoms with Crippen LogP contribution >= 0.6 is 0 Å². The highest BCUT2D eigenvalue weighted by atomic mass is 16.6. The summed E-state index contributed by atoms with van der Waals surface area (Å²) in [7, 11) is 0. The van der Waals surface area contributed by atoms with Crippen molar-refractivity contribution in [2.75, 3.05) is 5.32 Å². The lowest BCUT2D eigenvalue weighted by Crippen LogP contribution is -2.12. The third kappa shape index (κ3) is 4.25. The summed E-state index contributed by atoms with van der Waals surface area (Å²) in [6.07, 6.45) is 2.51. The molecule has 2 aromatic heterocycles. The lowest BCUT2D eigenvalue weighted by molar-refractivity contribution is -0.384. The fourth-order valence-electron chi connectivity index (χ4n) is 2.31. The van der Waals surface area contributed by atoms with Crippen LogP contribution in [0.25, 0.3) is 11.3 Å². The number of hydrogen-bond donors (Lipinski definition) is 2. The van der Waals surface area contributed by atoms with Gasteiger partial charge in [-0.2, -0.15) is 5.10 Å². The van der Waals surface area contributed by atoms with E-state index in [0.29, 0.717) is 23.5 Å². The van der Waals surface area contributed by atoms with Gasteiger partial charge in [-0.3, -0.25) is 25.0 Å². The summed E-state index contributed by atoms with van der Waals surface area (Å²) >= 11 is 0. The van der Waals surface area contributed by atoms with Crippen molar-refractivity contribution in [3.05, 3.63) is 70.5 Å². The smallest absolute Gasteiger partial charge is 0.270 e. The van der Waals surface area contributed by atoms with Gasteiger partial charge in [0, 0.05) is 42.1 Å². The fraction of sp³-hybridized carbons (Fsp3) is 0.118. The quantitative estimate of drug-likeness (QED) is 0.530. The first-order valence-electron chi connectivity index (χ1n) is 7.62. The highest BCUT2D eigenvalue weighted by molar-refractivity contribution is 5.90. The van der Waals surface area contributed by atoms with Crippen molar-refractivity contribution in [3.63, 3.8) is 0 Å². The van der Waals surface area contributed by atoms with Crippen LogP contribution < -0.4 is 5.32 Å². The number of nitrogens with one attached hydrogen (secondary N) is 2. The lowest BCUT2D eigenvalue weighted by Gasteiger charge is -2.01. The summed E-state index contributed by atoms with van der Waals surface area (Å²) in [6.45, 7) is 0. The number of amides is 1. The number of nitro groups is 1. The van der Waals surface area contributed by atoms with Crippen molar-refractivity contribution >= 4 is 17.4 Å². The molecule has 25 heavy (non-hydrogen) atoms. The van der Waals surface area contributed by atoms with Crippen LogP contribution in [-0.4, -0.2) is 26.0 Å². The first-order valence-corrected chi connectivity index (χ1v) is 7.62. The largest absolute Gasteiger partial charge is 0.309 e. The maximum Gasteiger partial charge on any atom is 0.270 e. The number of aromatic nitrogens is 3. The Labute approximate surface area is 143 Å². The number of pyridine rings is 1. The molecule has 0 fully saturated rings. The van der Waals surface area contributed by atoms with Crippen LogP contribution in [0.3, 0.4) is 0 Å². The zero-order chi connectivity index (χ0) is 17.6. The second-order valence-electron chi connectivity index (χ2n) is 5.34. The lowest BCUT2D eigenvalue weighted by atomic mass is 10.1. The molecule has 3 aromatic rings. The summed E-state index contributed by atoms with van der Waals surface area (Å²) in [4.78, 5) is 26.5. The van der Waals surface area contributed by atoms with Crippen molar-refractivity contribution in [2.45, 2.75) is 12.8 Å². The molecule has 0 saturated heterocycles. The summed E-state index contributed by atoms with van der Waals surface area (Å²) in [6, 6.07) is 13.4. The number of carbonyl (C=O) groups is 1. The Hall–Kier alpha value is -3.55. The minimum atomic E-state index is -0.458. The van der Waals surface area contributed by atoms with Gasteiger partial charge in [-0.25, -0.2) is 0 Å². The molecular formula is C17H15N5O3. The van der Waals surface area contributed by atoms with E-state index in [-0.39, 0.29) is 18.0 Å². The van der Waals surface area contributed by atoms with Crippen LogP contribution in [0.5, 0.6) is 0 Å². The van der Waals surface area contributed by atoms with E-state index >= 15 is 0 Å². The average molecular weight is 337 g/mol. The number of anilines is 1. The minimum absolute atomic E-state index is 0.00644. The van der Waals surface area contributed by atoms with Gasteiger partial charge in [0.15, 0.2) is 5.82 Å². The number of rotatable bonds is 6. The highest BCUT2D eigenvalue weighted by Gasteiger charge is 2.11. The molecular weight excluding hydrogens is 322 g/mol. The van der Waals surface area contributed by atoms with Gasteiger partial charge in [0.2, 0.25) is 5.91 Å². The number of aromatic amines is 1. The van der Waals surface area contributed by atoms with Gasteiger partial charge < -0.3 is 5.32 Å². The maximum absolute atomic E-state index is 12.0. The number of aryl methyl sites for hydroxylation is 1. The summed E-state index contributed by atoms with van der Waals surface area (Å²) in [5, 5.41) is 20.3. The topological polar surface area (TPSA) is 114 Å². The molecule has 1 amide bonds. The molecule has 8 heteroatoms. The minimum Gasteiger partial charge on any atom is -0.309 e. The summed E-state index contributed by atoms with van der Waals surface area (Å²) in [5.41, 5.74) is 2.05. The molecule has 3 rings (SSSR count). The van der Waals surface area contributed by atoms with Gasteiger partial charge in [-0.05, 0) is 18.6 Å². The molecule has 0 aliphatic heterocycles. The molecule has 0 spiro atoms. The Bertz CT molecular complexity index is 892. The molecule has 2 heterocycles. The van der Waals surface area contributed by atoms with E-state index in [1.54, 1.807) is 24.4 Å². The van der Waals surface area contributed by atoms with Gasteiger partial charge in [0.25, 0.3) is 5.69 Å². The van der Waals surface area contributed by atoms with E-state index < -0.39 is 4.92 Å². The number of carbonyl (C=O) groups excluding carboxylic acids is 1. The molecule has 0 aliphatic rings. The molecule has 0 bridgehead atoms. The van der Waals surface area contributed by atoms with Crippen molar-refractivity contribution < 1.29 is 9.72 Å². The van der Waals surface area contributed by atoms with Gasteiger partial charge in [0.05, 0.1) is 10.6 Å². The second kappa shape index (κ2) is 7.35. The maximum atomic E-state index is 12.0. The number of benzene rings is 1. The number of nitrogens with zero attached hydrogens (tertiary/aromatic N) is 3. The van der Waals surface area contributed by atoms with Crippen molar-refractivity contribution in [1.29, 1.82) is 0 Å². The number of H-pyrrole nitrogens is 1. The normalized spacial score (nSPS) is 10.4. The molecule has 1 aromatic carbocycles. The predicted molar refractivity (Wildman–Crippen MR) is 91.9 cm³/mol. The first kappa shape index (κ1) is 16.3. The zero-order valence-corrected chi connectivity index (χ0v) is 13.2. The standard InChI is InChI=1S/C17H15N5O3/c23-17(8-7-13-5-1-2-9-18-13)19-16-11-15(20-21-16)12-4-3-6-14(10-12)22(24)25/h1-6,9-11H,7-8H2,(H2,19,20,21,23). The van der Waals surface area contributed by atoms with Gasteiger partial charge >= 0.3 is 0 Å².